The van der Waals surface area contributed by atoms with Crippen molar-refractivity contribution in [1.29, 1.82) is 0 Å². The van der Waals surface area contributed by atoms with Crippen LogP contribution in [-0.2, 0) is 0 Å². The van der Waals surface area contributed by atoms with E-state index in [-0.39, 0.29) is 0 Å². The van der Waals surface area contributed by atoms with Crippen LogP contribution in [0.5, 0.6) is 0 Å². The molecule has 0 spiro atoms. The monoisotopic (exact) mass is 331 g/mol. The van der Waals surface area contributed by atoms with Crippen LogP contribution in [0.2, 0.25) is 0 Å². The normalized spacial score (nSPS) is 11.8. The zero-order chi connectivity index (χ0) is 13.9. The Morgan fingerprint density at radius 3 is 2.75 bits per heavy atom. The van der Waals surface area contributed by atoms with Gasteiger partial charge in [0.05, 0.1) is 17.5 Å². The molecule has 0 amide bonds. The molecule has 0 fully saturated rings. The topological polar surface area (TPSA) is 86.2 Å². The molecule has 2 aromatic heterocycles. The molecule has 0 unspecified atom stereocenters. The smallest absolute Gasteiger partial charge is 0.178 e. The Labute approximate surface area is 122 Å². The Balaban J connectivity index is 2.09. The quantitative estimate of drug-likeness (QED) is 0.383. The van der Waals surface area contributed by atoms with Crippen molar-refractivity contribution >= 4 is 38.6 Å². The van der Waals surface area contributed by atoms with E-state index < -0.39 is 0 Å². The van der Waals surface area contributed by atoms with Gasteiger partial charge >= 0.3 is 0 Å². The first-order valence-corrected chi connectivity index (χ1v) is 6.60. The minimum atomic E-state index is 0.323. The second-order valence-corrected chi connectivity index (χ2v) is 4.92. The van der Waals surface area contributed by atoms with Gasteiger partial charge in [0.25, 0.3) is 0 Å². The summed E-state index contributed by atoms with van der Waals surface area (Å²) in [6, 6.07) is 9.19. The van der Waals surface area contributed by atoms with Gasteiger partial charge in [0.1, 0.15) is 0 Å². The molecule has 0 saturated heterocycles. The van der Waals surface area contributed by atoms with Crippen molar-refractivity contribution in [3.8, 4) is 0 Å². The molecule has 0 aliphatic carbocycles. The van der Waals surface area contributed by atoms with Crippen LogP contribution in [-0.4, -0.2) is 26.0 Å². The molecule has 6 nitrogen and oxygen atoms in total. The number of imidazole rings is 1. The molecule has 2 heterocycles. The molecular formula is C13H10BrN5O. The molecule has 100 valence electrons. The Morgan fingerprint density at radius 1 is 1.20 bits per heavy atom. The number of pyridine rings is 1. The largest absolute Gasteiger partial charge is 0.343 e. The number of aromatic amines is 1. The molecule has 0 atom stereocenters. The molecule has 0 aliphatic heterocycles. The number of hydrogen-bond acceptors (Lipinski definition) is 4. The number of halogens is 1. The molecule has 3 N–H and O–H groups in total. The van der Waals surface area contributed by atoms with E-state index in [1.54, 1.807) is 18.6 Å². The number of hydroxylamine groups is 1. The zero-order valence-electron chi connectivity index (χ0n) is 10.2. The molecule has 0 saturated carbocycles. The zero-order valence-corrected chi connectivity index (χ0v) is 11.8. The minimum absolute atomic E-state index is 0.323. The maximum atomic E-state index is 9.35. The lowest BCUT2D eigenvalue weighted by molar-refractivity contribution is 0.235. The van der Waals surface area contributed by atoms with Crippen LogP contribution in [0, 0.1) is 0 Å². The summed E-state index contributed by atoms with van der Waals surface area (Å²) in [5.74, 6) is 0.323. The summed E-state index contributed by atoms with van der Waals surface area (Å²) in [6.45, 7) is 0. The van der Waals surface area contributed by atoms with Gasteiger partial charge in [0.15, 0.2) is 11.5 Å². The van der Waals surface area contributed by atoms with Crippen LogP contribution < -0.4 is 5.48 Å². The van der Waals surface area contributed by atoms with Gasteiger partial charge in [-0.25, -0.2) is 15.0 Å². The highest BCUT2D eigenvalue weighted by atomic mass is 79.9. The SMILES string of the molecule is ONC(=Nc1ccc(Br)cc1)c1ccnc2nc[nH]c12. The molecule has 0 radical (unpaired) electrons. The number of aromatic nitrogens is 3. The molecule has 3 rings (SSSR count). The van der Waals surface area contributed by atoms with Crippen molar-refractivity contribution in [2.24, 2.45) is 4.99 Å². The number of nitrogens with one attached hydrogen (secondary N) is 2. The van der Waals surface area contributed by atoms with Crippen molar-refractivity contribution in [2.75, 3.05) is 0 Å². The second kappa shape index (κ2) is 5.40. The number of aliphatic imine (C=N–C) groups is 1. The minimum Gasteiger partial charge on any atom is -0.343 e. The molecule has 3 aromatic rings. The van der Waals surface area contributed by atoms with E-state index in [0.717, 1.165) is 4.47 Å². The number of benzene rings is 1. The van der Waals surface area contributed by atoms with Gasteiger partial charge in [0.2, 0.25) is 0 Å². The van der Waals surface area contributed by atoms with Crippen LogP contribution in [0.4, 0.5) is 5.69 Å². The lowest BCUT2D eigenvalue weighted by Gasteiger charge is -2.06. The van der Waals surface area contributed by atoms with Gasteiger partial charge < -0.3 is 4.98 Å². The first-order valence-electron chi connectivity index (χ1n) is 5.81. The lowest BCUT2D eigenvalue weighted by Crippen LogP contribution is -2.20. The summed E-state index contributed by atoms with van der Waals surface area (Å²) in [7, 11) is 0. The van der Waals surface area contributed by atoms with Crippen molar-refractivity contribution < 1.29 is 5.21 Å². The van der Waals surface area contributed by atoms with E-state index in [4.69, 9.17) is 0 Å². The molecule has 7 heteroatoms. The Hall–Kier alpha value is -2.25. The summed E-state index contributed by atoms with van der Waals surface area (Å²) in [5.41, 5.74) is 4.82. The fourth-order valence-electron chi connectivity index (χ4n) is 1.84. The van der Waals surface area contributed by atoms with Crippen LogP contribution in [0.15, 0.2) is 52.3 Å². The molecule has 1 aromatic carbocycles. The van der Waals surface area contributed by atoms with E-state index in [2.05, 4.69) is 41.4 Å². The molecule has 0 bridgehead atoms. The second-order valence-electron chi connectivity index (χ2n) is 4.01. The predicted octanol–water partition coefficient (Wildman–Crippen LogP) is 2.78. The summed E-state index contributed by atoms with van der Waals surface area (Å²) in [5, 5.41) is 9.35. The third-order valence-corrected chi connectivity index (χ3v) is 3.28. The average Bonchev–Trinajstić information content (AvgIpc) is 2.95. The standard InChI is InChI=1S/C13H10BrN5O/c14-8-1-3-9(4-2-8)18-12(19-20)10-5-6-15-13-11(10)16-7-17-13/h1-7,20H,(H,18,19)(H,15,16,17). The van der Waals surface area contributed by atoms with Gasteiger partial charge in [-0.15, -0.1) is 0 Å². The van der Waals surface area contributed by atoms with Crippen LogP contribution in [0.3, 0.4) is 0 Å². The van der Waals surface area contributed by atoms with Crippen molar-refractivity contribution in [3.63, 3.8) is 0 Å². The maximum Gasteiger partial charge on any atom is 0.178 e. The number of H-pyrrole nitrogens is 1. The van der Waals surface area contributed by atoms with Crippen molar-refractivity contribution in [1.82, 2.24) is 20.4 Å². The highest BCUT2D eigenvalue weighted by Crippen LogP contribution is 2.19. The van der Waals surface area contributed by atoms with Crippen molar-refractivity contribution in [2.45, 2.75) is 0 Å². The van der Waals surface area contributed by atoms with Gasteiger partial charge in [0, 0.05) is 16.2 Å². The number of amidine groups is 1. The van der Waals surface area contributed by atoms with E-state index in [9.17, 15) is 5.21 Å². The van der Waals surface area contributed by atoms with Gasteiger partial charge in [-0.3, -0.25) is 10.7 Å². The third-order valence-electron chi connectivity index (χ3n) is 2.76. The van der Waals surface area contributed by atoms with Crippen LogP contribution >= 0.6 is 15.9 Å². The van der Waals surface area contributed by atoms with Gasteiger partial charge in [-0.1, -0.05) is 15.9 Å². The number of rotatable bonds is 2. The van der Waals surface area contributed by atoms with Gasteiger partial charge in [-0.05, 0) is 30.3 Å². The fraction of sp³-hybridized carbons (Fsp3) is 0. The highest BCUT2D eigenvalue weighted by molar-refractivity contribution is 9.10. The first kappa shape index (κ1) is 12.8. The Kier molecular flexibility index (Phi) is 3.44. The third kappa shape index (κ3) is 2.40. The maximum absolute atomic E-state index is 9.35. The number of nitrogens with zero attached hydrogens (tertiary/aromatic N) is 3. The summed E-state index contributed by atoms with van der Waals surface area (Å²) in [6.07, 6.45) is 3.17. The first-order chi connectivity index (χ1) is 9.78. The molecule has 0 aliphatic rings. The van der Waals surface area contributed by atoms with Gasteiger partial charge in [-0.2, -0.15) is 0 Å². The van der Waals surface area contributed by atoms with E-state index in [1.165, 1.54) is 0 Å². The van der Waals surface area contributed by atoms with Crippen LogP contribution in [0.25, 0.3) is 11.2 Å². The Morgan fingerprint density at radius 2 is 2.00 bits per heavy atom. The van der Waals surface area contributed by atoms with E-state index in [0.29, 0.717) is 28.3 Å². The number of hydrogen-bond donors (Lipinski definition) is 3. The number of fused-ring (bicyclic) bond motifs is 1. The van der Waals surface area contributed by atoms with Crippen molar-refractivity contribution in [3.05, 3.63) is 52.9 Å². The summed E-state index contributed by atoms with van der Waals surface area (Å²) >= 11 is 3.37. The lowest BCUT2D eigenvalue weighted by atomic mass is 10.2. The fourth-order valence-corrected chi connectivity index (χ4v) is 2.10. The van der Waals surface area contributed by atoms with Crippen LogP contribution in [0.1, 0.15) is 5.56 Å². The van der Waals surface area contributed by atoms with E-state index >= 15 is 0 Å². The Bertz CT molecular complexity index is 766. The van der Waals surface area contributed by atoms with E-state index in [1.807, 2.05) is 24.3 Å². The summed E-state index contributed by atoms with van der Waals surface area (Å²) < 4.78 is 0.967. The average molecular weight is 332 g/mol. The highest BCUT2D eigenvalue weighted by Gasteiger charge is 2.10. The molecular weight excluding hydrogens is 322 g/mol. The molecule has 20 heavy (non-hydrogen) atoms. The predicted molar refractivity (Wildman–Crippen MR) is 79.1 cm³/mol. The summed E-state index contributed by atoms with van der Waals surface area (Å²) in [4.78, 5) is 15.6.